The van der Waals surface area contributed by atoms with Gasteiger partial charge < -0.3 is 15.5 Å². The van der Waals surface area contributed by atoms with Crippen LogP contribution in [0.15, 0.2) is 30.6 Å². The van der Waals surface area contributed by atoms with Gasteiger partial charge in [0.1, 0.15) is 0 Å². The third-order valence-corrected chi connectivity index (χ3v) is 6.02. The van der Waals surface area contributed by atoms with Gasteiger partial charge in [0.2, 0.25) is 11.8 Å². The molecule has 1 fully saturated rings. The van der Waals surface area contributed by atoms with Gasteiger partial charge in [0, 0.05) is 48.5 Å². The fourth-order valence-electron chi connectivity index (χ4n) is 3.87. The highest BCUT2D eigenvalue weighted by Gasteiger charge is 2.48. The number of halogens is 1. The van der Waals surface area contributed by atoms with Crippen LogP contribution in [0.5, 0.6) is 0 Å². The predicted molar refractivity (Wildman–Crippen MR) is 106 cm³/mol. The van der Waals surface area contributed by atoms with E-state index in [1.807, 2.05) is 32.2 Å². The molecule has 4 rings (SSSR count). The van der Waals surface area contributed by atoms with E-state index < -0.39 is 11.5 Å². The number of hydrogen-bond acceptors (Lipinski definition) is 4. The fourth-order valence-corrected chi connectivity index (χ4v) is 4.09. The number of hydrogen-bond donors (Lipinski definition) is 2. The lowest BCUT2D eigenvalue weighted by atomic mass is 9.87. The largest absolute Gasteiger partial charge is 0.379 e. The average Bonchev–Trinajstić information content (AvgIpc) is 2.84. The van der Waals surface area contributed by atoms with Gasteiger partial charge in [-0.2, -0.15) is 0 Å². The number of nitrogens with zero attached hydrogens (tertiary/aromatic N) is 2. The number of anilines is 2. The van der Waals surface area contributed by atoms with Crippen molar-refractivity contribution in [1.82, 2.24) is 9.88 Å². The second kappa shape index (κ2) is 6.23. The lowest BCUT2D eigenvalue weighted by Crippen LogP contribution is -2.45. The number of nitrogens with one attached hydrogen (secondary N) is 2. The van der Waals surface area contributed by atoms with Gasteiger partial charge in [-0.25, -0.2) is 0 Å². The minimum atomic E-state index is -0.536. The fraction of sp³-hybridized carbons (Fsp3) is 0.350. The molecular formula is C20H21ClN4O2. The molecule has 1 atom stereocenters. The summed E-state index contributed by atoms with van der Waals surface area (Å²) in [6.07, 6.45) is 3.78. The molecule has 0 aliphatic carbocycles. The van der Waals surface area contributed by atoms with E-state index in [9.17, 15) is 9.59 Å². The number of amides is 2. The molecule has 7 heteroatoms. The Balaban J connectivity index is 1.70. The van der Waals surface area contributed by atoms with Crippen LogP contribution in [0.2, 0.25) is 5.02 Å². The minimum absolute atomic E-state index is 0.0205. The zero-order chi connectivity index (χ0) is 19.3. The molecule has 2 aromatic rings. The van der Waals surface area contributed by atoms with Gasteiger partial charge in [-0.05, 0) is 43.2 Å². The van der Waals surface area contributed by atoms with E-state index in [2.05, 4.69) is 15.6 Å². The SMILES string of the molecule is CN1C(=O)CC(C(=O)Nc2cc(Cl)cc3c2NCc2cnccc2-3)C1(C)C. The van der Waals surface area contributed by atoms with Gasteiger partial charge in [-0.3, -0.25) is 14.6 Å². The van der Waals surface area contributed by atoms with E-state index in [1.165, 1.54) is 0 Å². The minimum Gasteiger partial charge on any atom is -0.379 e. The van der Waals surface area contributed by atoms with Crippen molar-refractivity contribution in [2.24, 2.45) is 5.92 Å². The Hall–Kier alpha value is -2.60. The number of carbonyl (C=O) groups excluding carboxylic acids is 2. The molecule has 2 aliphatic heterocycles. The first-order chi connectivity index (χ1) is 12.8. The predicted octanol–water partition coefficient (Wildman–Crippen LogP) is 3.52. The molecule has 2 aliphatic rings. The van der Waals surface area contributed by atoms with Crippen LogP contribution in [0.4, 0.5) is 11.4 Å². The molecule has 2 N–H and O–H groups in total. The highest BCUT2D eigenvalue weighted by atomic mass is 35.5. The maximum absolute atomic E-state index is 13.0. The molecule has 1 aromatic heterocycles. The highest BCUT2D eigenvalue weighted by Crippen LogP contribution is 2.43. The van der Waals surface area contributed by atoms with Crippen LogP contribution in [0.25, 0.3) is 11.1 Å². The summed E-state index contributed by atoms with van der Waals surface area (Å²) in [4.78, 5) is 30.9. The van der Waals surface area contributed by atoms with Crippen molar-refractivity contribution in [2.45, 2.75) is 32.4 Å². The molecule has 1 saturated heterocycles. The molecular weight excluding hydrogens is 364 g/mol. The molecule has 0 radical (unpaired) electrons. The van der Waals surface area contributed by atoms with Crippen LogP contribution in [-0.4, -0.2) is 34.3 Å². The van der Waals surface area contributed by atoms with Crippen LogP contribution >= 0.6 is 11.6 Å². The molecule has 6 nitrogen and oxygen atoms in total. The topological polar surface area (TPSA) is 74.3 Å². The number of aromatic nitrogens is 1. The molecule has 1 unspecified atom stereocenters. The van der Waals surface area contributed by atoms with E-state index in [0.29, 0.717) is 17.3 Å². The zero-order valence-electron chi connectivity index (χ0n) is 15.5. The van der Waals surface area contributed by atoms with Gasteiger partial charge in [0.25, 0.3) is 0 Å². The van der Waals surface area contributed by atoms with Gasteiger partial charge >= 0.3 is 0 Å². The van der Waals surface area contributed by atoms with Crippen LogP contribution in [0.3, 0.4) is 0 Å². The lowest BCUT2D eigenvalue weighted by Gasteiger charge is -2.32. The van der Waals surface area contributed by atoms with Crippen LogP contribution in [-0.2, 0) is 16.1 Å². The van der Waals surface area contributed by atoms with Gasteiger partial charge in [-0.15, -0.1) is 0 Å². The number of fused-ring (bicyclic) bond motifs is 3. The Kier molecular flexibility index (Phi) is 4.11. The molecule has 0 saturated carbocycles. The number of pyridine rings is 1. The number of rotatable bonds is 2. The monoisotopic (exact) mass is 384 g/mol. The first-order valence-corrected chi connectivity index (χ1v) is 9.25. The summed E-state index contributed by atoms with van der Waals surface area (Å²) < 4.78 is 0. The van der Waals surface area contributed by atoms with E-state index in [4.69, 9.17) is 11.6 Å². The number of benzene rings is 1. The summed E-state index contributed by atoms with van der Waals surface area (Å²) >= 11 is 6.34. The van der Waals surface area contributed by atoms with Gasteiger partial charge in [-0.1, -0.05) is 11.6 Å². The quantitative estimate of drug-likeness (QED) is 0.830. The standard InChI is InChI=1S/C20H21ClN4O2/c1-20(2)15(8-17(26)25(20)3)19(27)24-16-7-12(21)6-14-13-4-5-22-9-11(13)10-23-18(14)16/h4-7,9,15,23H,8,10H2,1-3H3,(H,24,27). The first kappa shape index (κ1) is 17.8. The molecule has 140 valence electrons. The Morgan fingerprint density at radius 1 is 1.37 bits per heavy atom. The maximum atomic E-state index is 13.0. The van der Waals surface area contributed by atoms with Crippen molar-refractivity contribution in [3.63, 3.8) is 0 Å². The Morgan fingerprint density at radius 3 is 2.85 bits per heavy atom. The second-order valence-electron chi connectivity index (χ2n) is 7.61. The van der Waals surface area contributed by atoms with E-state index in [1.54, 1.807) is 24.2 Å². The summed E-state index contributed by atoms with van der Waals surface area (Å²) in [7, 11) is 1.74. The second-order valence-corrected chi connectivity index (χ2v) is 8.05. The normalized spacial score (nSPS) is 19.9. The number of likely N-dealkylation sites (tertiary alicyclic amines) is 1. The van der Waals surface area contributed by atoms with Crippen molar-refractivity contribution in [3.8, 4) is 11.1 Å². The Morgan fingerprint density at radius 2 is 2.15 bits per heavy atom. The van der Waals surface area contributed by atoms with Crippen molar-refractivity contribution >= 4 is 34.8 Å². The average molecular weight is 385 g/mol. The molecule has 0 bridgehead atoms. The summed E-state index contributed by atoms with van der Waals surface area (Å²) in [6.45, 7) is 4.45. The molecule has 3 heterocycles. The molecule has 2 amide bonds. The molecule has 0 spiro atoms. The Labute approximate surface area is 162 Å². The van der Waals surface area contributed by atoms with Crippen molar-refractivity contribution in [1.29, 1.82) is 0 Å². The van der Waals surface area contributed by atoms with Crippen LogP contribution in [0, 0.1) is 5.92 Å². The smallest absolute Gasteiger partial charge is 0.230 e. The summed E-state index contributed by atoms with van der Waals surface area (Å²) in [5, 5.41) is 6.89. The molecule has 1 aromatic carbocycles. The number of carbonyl (C=O) groups is 2. The maximum Gasteiger partial charge on any atom is 0.230 e. The first-order valence-electron chi connectivity index (χ1n) is 8.87. The molecule has 27 heavy (non-hydrogen) atoms. The van der Waals surface area contributed by atoms with Crippen molar-refractivity contribution < 1.29 is 9.59 Å². The third kappa shape index (κ3) is 2.84. The lowest BCUT2D eigenvalue weighted by molar-refractivity contribution is -0.128. The van der Waals surface area contributed by atoms with Crippen molar-refractivity contribution in [3.05, 3.63) is 41.2 Å². The van der Waals surface area contributed by atoms with Crippen LogP contribution in [0.1, 0.15) is 25.8 Å². The van der Waals surface area contributed by atoms with E-state index >= 15 is 0 Å². The summed E-state index contributed by atoms with van der Waals surface area (Å²) in [6, 6.07) is 5.57. The van der Waals surface area contributed by atoms with E-state index in [0.717, 1.165) is 22.4 Å². The highest BCUT2D eigenvalue weighted by molar-refractivity contribution is 6.31. The van der Waals surface area contributed by atoms with Crippen LogP contribution < -0.4 is 10.6 Å². The summed E-state index contributed by atoms with van der Waals surface area (Å²) in [5.74, 6) is -0.623. The van der Waals surface area contributed by atoms with Crippen molar-refractivity contribution in [2.75, 3.05) is 17.7 Å². The zero-order valence-corrected chi connectivity index (χ0v) is 16.2. The Bertz CT molecular complexity index is 957. The summed E-state index contributed by atoms with van der Waals surface area (Å²) in [5.41, 5.74) is 3.98. The van der Waals surface area contributed by atoms with Gasteiger partial charge in [0.05, 0.1) is 17.3 Å². The van der Waals surface area contributed by atoms with E-state index in [-0.39, 0.29) is 18.2 Å². The third-order valence-electron chi connectivity index (χ3n) is 5.80. The van der Waals surface area contributed by atoms with Gasteiger partial charge in [0.15, 0.2) is 0 Å².